The quantitative estimate of drug-likeness (QED) is 0.578. The van der Waals surface area contributed by atoms with E-state index in [9.17, 15) is 0 Å². The van der Waals surface area contributed by atoms with Gasteiger partial charge < -0.3 is 5.73 Å². The summed E-state index contributed by atoms with van der Waals surface area (Å²) < 4.78 is 1.70. The number of nitrogens with zero attached hydrogens (tertiary/aromatic N) is 4. The third kappa shape index (κ3) is 2.49. The van der Waals surface area contributed by atoms with E-state index in [1.54, 1.807) is 10.7 Å². The van der Waals surface area contributed by atoms with Crippen molar-refractivity contribution in [2.45, 2.75) is 5.88 Å². The highest BCUT2D eigenvalue weighted by Gasteiger charge is 2.15. The second kappa shape index (κ2) is 5.94. The Morgan fingerprint density at radius 1 is 1.04 bits per heavy atom. The number of benzene rings is 1. The fourth-order valence-electron chi connectivity index (χ4n) is 2.69. The zero-order chi connectivity index (χ0) is 16.5. The van der Waals surface area contributed by atoms with Crippen molar-refractivity contribution in [3.63, 3.8) is 0 Å². The van der Waals surface area contributed by atoms with Gasteiger partial charge in [-0.3, -0.25) is 4.98 Å². The molecule has 3 aromatic heterocycles. The number of pyridine rings is 1. The van der Waals surface area contributed by atoms with Gasteiger partial charge in [0.2, 0.25) is 0 Å². The molecule has 0 aliphatic heterocycles. The number of nitrogen functional groups attached to an aromatic ring is 1. The topological polar surface area (TPSA) is 69.1 Å². The molecule has 0 saturated carbocycles. The molecule has 0 atom stereocenters. The van der Waals surface area contributed by atoms with Crippen molar-refractivity contribution >= 4 is 23.1 Å². The van der Waals surface area contributed by atoms with E-state index in [4.69, 9.17) is 17.3 Å². The molecule has 0 spiro atoms. The number of fused-ring (bicyclic) bond motifs is 1. The van der Waals surface area contributed by atoms with Gasteiger partial charge in [-0.2, -0.15) is 0 Å². The van der Waals surface area contributed by atoms with Crippen LogP contribution in [0.1, 0.15) is 5.56 Å². The predicted octanol–water partition coefficient (Wildman–Crippen LogP) is 3.78. The largest absolute Gasteiger partial charge is 0.382 e. The van der Waals surface area contributed by atoms with Gasteiger partial charge in [-0.25, -0.2) is 9.50 Å². The summed E-state index contributed by atoms with van der Waals surface area (Å²) in [4.78, 5) is 8.91. The molecule has 1 aromatic carbocycles. The van der Waals surface area contributed by atoms with Crippen LogP contribution in [0.5, 0.6) is 0 Å². The van der Waals surface area contributed by atoms with Gasteiger partial charge in [0.25, 0.3) is 0 Å². The zero-order valence-corrected chi connectivity index (χ0v) is 13.5. The summed E-state index contributed by atoms with van der Waals surface area (Å²) in [6, 6.07) is 13.7. The number of alkyl halides is 1. The first kappa shape index (κ1) is 14.7. The fraction of sp³-hybridized carbons (Fsp3) is 0.0556. The summed E-state index contributed by atoms with van der Waals surface area (Å²) in [5.74, 6) is 0.884. The summed E-state index contributed by atoms with van der Waals surface area (Å²) >= 11 is 5.92. The normalized spacial score (nSPS) is 11.0. The van der Waals surface area contributed by atoms with E-state index in [2.05, 4.69) is 15.1 Å². The Morgan fingerprint density at radius 2 is 1.96 bits per heavy atom. The molecule has 0 radical (unpaired) electrons. The van der Waals surface area contributed by atoms with Crippen molar-refractivity contribution in [2.24, 2.45) is 0 Å². The zero-order valence-electron chi connectivity index (χ0n) is 12.7. The molecule has 0 aliphatic carbocycles. The molecule has 24 heavy (non-hydrogen) atoms. The van der Waals surface area contributed by atoms with Crippen molar-refractivity contribution in [1.82, 2.24) is 19.6 Å². The van der Waals surface area contributed by atoms with E-state index in [1.165, 1.54) is 0 Å². The first-order valence-electron chi connectivity index (χ1n) is 7.47. The molecule has 0 amide bonds. The summed E-state index contributed by atoms with van der Waals surface area (Å²) in [7, 11) is 0. The molecule has 2 N–H and O–H groups in total. The first-order valence-corrected chi connectivity index (χ1v) is 8.00. The Hall–Kier alpha value is -2.92. The molecule has 0 bridgehead atoms. The highest BCUT2D eigenvalue weighted by Crippen LogP contribution is 2.29. The van der Waals surface area contributed by atoms with Crippen LogP contribution in [0.4, 0.5) is 5.82 Å². The second-order valence-corrected chi connectivity index (χ2v) is 5.69. The van der Waals surface area contributed by atoms with Gasteiger partial charge in [-0.1, -0.05) is 24.3 Å². The molecule has 0 unspecified atom stereocenters. The van der Waals surface area contributed by atoms with Gasteiger partial charge in [0.1, 0.15) is 0 Å². The maximum atomic E-state index is 6.09. The van der Waals surface area contributed by atoms with Crippen LogP contribution in [-0.4, -0.2) is 19.6 Å². The van der Waals surface area contributed by atoms with Gasteiger partial charge in [-0.15, -0.1) is 16.7 Å². The SMILES string of the molecule is Nc1nn2cc(-c3cccc(CCl)c3)cnc2c1-c1ccccn1. The minimum Gasteiger partial charge on any atom is -0.382 e. The van der Waals surface area contributed by atoms with E-state index in [-0.39, 0.29) is 0 Å². The molecule has 0 fully saturated rings. The van der Waals surface area contributed by atoms with Gasteiger partial charge in [0.05, 0.1) is 11.3 Å². The van der Waals surface area contributed by atoms with Crippen molar-refractivity contribution in [1.29, 1.82) is 0 Å². The third-order valence-electron chi connectivity index (χ3n) is 3.84. The Balaban J connectivity index is 1.86. The molecular formula is C18H14ClN5. The standard InChI is InChI=1S/C18H14ClN5/c19-9-12-4-3-5-13(8-12)14-10-22-18-16(15-6-1-2-7-21-15)17(20)23-24(18)11-14/h1-8,10-11H,9H2,(H2,20,23). The van der Waals surface area contributed by atoms with Gasteiger partial charge in [0.15, 0.2) is 11.5 Å². The lowest BCUT2D eigenvalue weighted by Gasteiger charge is -2.04. The van der Waals surface area contributed by atoms with Crippen LogP contribution >= 0.6 is 11.6 Å². The number of rotatable bonds is 3. The lowest BCUT2D eigenvalue weighted by Crippen LogP contribution is -1.93. The monoisotopic (exact) mass is 335 g/mol. The average molecular weight is 336 g/mol. The number of halogens is 1. The van der Waals surface area contributed by atoms with Crippen molar-refractivity contribution < 1.29 is 0 Å². The Morgan fingerprint density at radius 3 is 2.75 bits per heavy atom. The van der Waals surface area contributed by atoms with Crippen LogP contribution in [0.25, 0.3) is 28.0 Å². The molecular weight excluding hydrogens is 322 g/mol. The second-order valence-electron chi connectivity index (χ2n) is 5.42. The molecule has 0 aliphatic rings. The van der Waals surface area contributed by atoms with Crippen LogP contribution in [0.2, 0.25) is 0 Å². The maximum Gasteiger partial charge on any atom is 0.166 e. The number of anilines is 1. The van der Waals surface area contributed by atoms with Crippen molar-refractivity contribution in [3.8, 4) is 22.4 Å². The van der Waals surface area contributed by atoms with E-state index in [0.29, 0.717) is 17.3 Å². The molecule has 118 valence electrons. The van der Waals surface area contributed by atoms with Crippen LogP contribution in [0, 0.1) is 0 Å². The smallest absolute Gasteiger partial charge is 0.166 e. The Bertz CT molecular complexity index is 1010. The fourth-order valence-corrected chi connectivity index (χ4v) is 2.86. The molecule has 4 rings (SSSR count). The van der Waals surface area contributed by atoms with Crippen LogP contribution in [0.15, 0.2) is 61.1 Å². The van der Waals surface area contributed by atoms with Crippen molar-refractivity contribution in [2.75, 3.05) is 5.73 Å². The molecule has 6 heteroatoms. The summed E-state index contributed by atoms with van der Waals surface area (Å²) in [6.07, 6.45) is 5.46. The Kier molecular flexibility index (Phi) is 3.63. The Labute approximate surface area is 143 Å². The minimum absolute atomic E-state index is 0.410. The lowest BCUT2D eigenvalue weighted by molar-refractivity contribution is 0.947. The van der Waals surface area contributed by atoms with Gasteiger partial charge >= 0.3 is 0 Å². The number of hydrogen-bond donors (Lipinski definition) is 1. The molecule has 3 heterocycles. The van der Waals surface area contributed by atoms with Crippen LogP contribution in [0.3, 0.4) is 0 Å². The van der Waals surface area contributed by atoms with Crippen LogP contribution < -0.4 is 5.73 Å². The van der Waals surface area contributed by atoms with E-state index >= 15 is 0 Å². The summed E-state index contributed by atoms with van der Waals surface area (Å²) in [6.45, 7) is 0. The lowest BCUT2D eigenvalue weighted by atomic mass is 10.1. The predicted molar refractivity (Wildman–Crippen MR) is 95.6 cm³/mol. The first-order chi connectivity index (χ1) is 11.8. The number of aromatic nitrogens is 4. The van der Waals surface area contributed by atoms with Gasteiger partial charge in [-0.05, 0) is 29.3 Å². The minimum atomic E-state index is 0.410. The third-order valence-corrected chi connectivity index (χ3v) is 4.14. The van der Waals surface area contributed by atoms with Gasteiger partial charge in [0, 0.05) is 30.0 Å². The summed E-state index contributed by atoms with van der Waals surface area (Å²) in [5.41, 5.74) is 11.3. The van der Waals surface area contributed by atoms with E-state index in [0.717, 1.165) is 27.9 Å². The number of nitrogens with two attached hydrogens (primary N) is 1. The highest BCUT2D eigenvalue weighted by molar-refractivity contribution is 6.17. The average Bonchev–Trinajstić information content (AvgIpc) is 2.97. The van der Waals surface area contributed by atoms with E-state index in [1.807, 2.05) is 54.9 Å². The molecule has 5 nitrogen and oxygen atoms in total. The van der Waals surface area contributed by atoms with Crippen molar-refractivity contribution in [3.05, 3.63) is 66.6 Å². The number of hydrogen-bond acceptors (Lipinski definition) is 4. The molecule has 4 aromatic rings. The van der Waals surface area contributed by atoms with E-state index < -0.39 is 0 Å². The maximum absolute atomic E-state index is 6.09. The molecule has 0 saturated heterocycles. The highest BCUT2D eigenvalue weighted by atomic mass is 35.5. The summed E-state index contributed by atoms with van der Waals surface area (Å²) in [5, 5.41) is 4.38. The van der Waals surface area contributed by atoms with Crippen LogP contribution in [-0.2, 0) is 5.88 Å².